The molecule has 0 spiro atoms. The van der Waals surface area contributed by atoms with Crippen LogP contribution >= 0.6 is 34.7 Å². The Bertz CT molecular complexity index is 1180. The maximum absolute atomic E-state index is 12.3. The monoisotopic (exact) mass is 472 g/mol. The summed E-state index contributed by atoms with van der Waals surface area (Å²) in [7, 11) is 1.69. The van der Waals surface area contributed by atoms with Crippen molar-refractivity contribution in [3.8, 4) is 0 Å². The molecule has 0 saturated carbocycles. The zero-order valence-electron chi connectivity index (χ0n) is 16.9. The van der Waals surface area contributed by atoms with Crippen molar-refractivity contribution < 1.29 is 9.53 Å². The van der Waals surface area contributed by atoms with Crippen molar-refractivity contribution in [2.24, 2.45) is 0 Å². The first-order valence-electron chi connectivity index (χ1n) is 9.68. The third kappa shape index (κ3) is 5.65. The van der Waals surface area contributed by atoms with Crippen LogP contribution in [0, 0.1) is 0 Å². The van der Waals surface area contributed by atoms with Crippen molar-refractivity contribution in [3.63, 3.8) is 0 Å². The summed E-state index contributed by atoms with van der Waals surface area (Å²) in [4.78, 5) is 21.6. The first-order chi connectivity index (χ1) is 15.1. The molecule has 6 nitrogen and oxygen atoms in total. The molecule has 4 rings (SSSR count). The number of halogens is 1. The summed E-state index contributed by atoms with van der Waals surface area (Å²) in [6.45, 7) is 1.30. The number of amides is 1. The van der Waals surface area contributed by atoms with Crippen LogP contribution in [0.1, 0.15) is 10.7 Å². The molecule has 160 valence electrons. The molecule has 0 unspecified atom stereocenters. The minimum Gasteiger partial charge on any atom is -0.383 e. The van der Waals surface area contributed by atoms with Crippen LogP contribution in [0.4, 0.5) is 5.69 Å². The van der Waals surface area contributed by atoms with E-state index in [0.717, 1.165) is 32.6 Å². The summed E-state index contributed by atoms with van der Waals surface area (Å²) in [5, 5.41) is 7.24. The zero-order chi connectivity index (χ0) is 21.6. The van der Waals surface area contributed by atoms with Gasteiger partial charge in [0.1, 0.15) is 5.01 Å². The van der Waals surface area contributed by atoms with Crippen LogP contribution in [0.5, 0.6) is 0 Å². The normalized spacial score (nSPS) is 11.2. The van der Waals surface area contributed by atoms with Gasteiger partial charge in [-0.25, -0.2) is 9.97 Å². The number of imidazole rings is 1. The van der Waals surface area contributed by atoms with E-state index in [1.165, 1.54) is 11.3 Å². The van der Waals surface area contributed by atoms with Gasteiger partial charge in [-0.3, -0.25) is 4.79 Å². The number of hydrogen-bond donors (Lipinski definition) is 1. The fourth-order valence-corrected chi connectivity index (χ4v) is 5.09. The highest BCUT2D eigenvalue weighted by Gasteiger charge is 2.14. The number of nitrogens with zero attached hydrogens (tertiary/aromatic N) is 3. The number of thiazole rings is 1. The summed E-state index contributed by atoms with van der Waals surface area (Å²) < 4.78 is 7.40. The standard InChI is InChI=1S/C22H21ClN4O2S2/c1-29-10-9-27-19-8-7-15(23)11-18(19)26-22(27)31-14-17-13-30-21(25-17)12-20(28)24-16-5-3-2-4-6-16/h2-8,11,13H,9-10,12,14H2,1H3,(H,24,28). The molecule has 0 aliphatic heterocycles. The Labute approximate surface area is 193 Å². The van der Waals surface area contributed by atoms with Gasteiger partial charge in [0, 0.05) is 35.5 Å². The first kappa shape index (κ1) is 21.8. The van der Waals surface area contributed by atoms with Gasteiger partial charge in [0.25, 0.3) is 0 Å². The Morgan fingerprint density at radius 2 is 2.06 bits per heavy atom. The lowest BCUT2D eigenvalue weighted by molar-refractivity contribution is -0.115. The number of thioether (sulfide) groups is 1. The number of carbonyl (C=O) groups is 1. The van der Waals surface area contributed by atoms with E-state index in [4.69, 9.17) is 21.3 Å². The van der Waals surface area contributed by atoms with Gasteiger partial charge in [-0.1, -0.05) is 41.6 Å². The first-order valence-corrected chi connectivity index (χ1v) is 11.9. The molecule has 1 amide bonds. The molecule has 0 radical (unpaired) electrons. The minimum absolute atomic E-state index is 0.0713. The number of nitrogens with one attached hydrogen (secondary N) is 1. The van der Waals surface area contributed by atoms with Gasteiger partial charge in [0.15, 0.2) is 5.16 Å². The van der Waals surface area contributed by atoms with Crippen molar-refractivity contribution in [2.45, 2.75) is 23.9 Å². The van der Waals surface area contributed by atoms with E-state index < -0.39 is 0 Å². The topological polar surface area (TPSA) is 69.0 Å². The van der Waals surface area contributed by atoms with Crippen LogP contribution in [0.15, 0.2) is 59.1 Å². The molecule has 0 bridgehead atoms. The van der Waals surface area contributed by atoms with Crippen molar-refractivity contribution in [1.29, 1.82) is 0 Å². The molecule has 0 aliphatic carbocycles. The third-order valence-corrected chi connectivity index (χ3v) is 6.65. The molecule has 0 atom stereocenters. The summed E-state index contributed by atoms with van der Waals surface area (Å²) in [5.74, 6) is 0.596. The number of aromatic nitrogens is 3. The number of rotatable bonds is 9. The van der Waals surface area contributed by atoms with E-state index in [1.54, 1.807) is 18.9 Å². The lowest BCUT2D eigenvalue weighted by Gasteiger charge is -2.07. The van der Waals surface area contributed by atoms with E-state index in [-0.39, 0.29) is 12.3 Å². The van der Waals surface area contributed by atoms with Gasteiger partial charge in [0.2, 0.25) is 5.91 Å². The van der Waals surface area contributed by atoms with Gasteiger partial charge >= 0.3 is 0 Å². The Kier molecular flexibility index (Phi) is 7.24. The number of benzene rings is 2. The lowest BCUT2D eigenvalue weighted by atomic mass is 10.3. The SMILES string of the molecule is COCCn1c(SCc2csc(CC(=O)Nc3ccccc3)n2)nc2cc(Cl)ccc21. The summed E-state index contributed by atoms with van der Waals surface area (Å²) in [6, 6.07) is 15.2. The van der Waals surface area contributed by atoms with Crippen LogP contribution in [-0.2, 0) is 28.2 Å². The molecule has 0 fully saturated rings. The predicted molar refractivity (Wildman–Crippen MR) is 127 cm³/mol. The van der Waals surface area contributed by atoms with Crippen LogP contribution in [0.3, 0.4) is 0 Å². The lowest BCUT2D eigenvalue weighted by Crippen LogP contribution is -2.14. The molecule has 2 aromatic carbocycles. The maximum atomic E-state index is 12.3. The summed E-state index contributed by atoms with van der Waals surface area (Å²) in [5.41, 5.74) is 3.61. The fourth-order valence-electron chi connectivity index (χ4n) is 3.09. The number of fused-ring (bicyclic) bond motifs is 1. The van der Waals surface area contributed by atoms with E-state index in [9.17, 15) is 4.79 Å². The summed E-state index contributed by atoms with van der Waals surface area (Å²) in [6.07, 6.45) is 0.259. The quantitative estimate of drug-likeness (QED) is 0.336. The number of methoxy groups -OCH3 is 1. The maximum Gasteiger partial charge on any atom is 0.231 e. The Balaban J connectivity index is 1.41. The van der Waals surface area contributed by atoms with Crippen LogP contribution < -0.4 is 5.32 Å². The molecular weight excluding hydrogens is 452 g/mol. The Morgan fingerprint density at radius 3 is 2.87 bits per heavy atom. The highest BCUT2D eigenvalue weighted by atomic mass is 35.5. The molecule has 31 heavy (non-hydrogen) atoms. The number of ether oxygens (including phenoxy) is 1. The molecule has 9 heteroatoms. The minimum atomic E-state index is -0.0713. The molecule has 4 aromatic rings. The second-order valence-corrected chi connectivity index (χ2v) is 9.11. The van der Waals surface area contributed by atoms with E-state index in [0.29, 0.717) is 23.9 Å². The Hall–Kier alpha value is -2.39. The van der Waals surface area contributed by atoms with Gasteiger partial charge < -0.3 is 14.6 Å². The van der Waals surface area contributed by atoms with Crippen LogP contribution in [0.2, 0.25) is 5.02 Å². The molecular formula is C22H21ClN4O2S2. The highest BCUT2D eigenvalue weighted by molar-refractivity contribution is 7.98. The Morgan fingerprint density at radius 1 is 1.23 bits per heavy atom. The van der Waals surface area contributed by atoms with E-state index in [2.05, 4.69) is 14.9 Å². The average Bonchev–Trinajstić information content (AvgIpc) is 3.34. The molecule has 2 aromatic heterocycles. The van der Waals surface area contributed by atoms with Gasteiger partial charge in [-0.2, -0.15) is 0 Å². The van der Waals surface area contributed by atoms with Crippen molar-refractivity contribution >= 4 is 57.3 Å². The van der Waals surface area contributed by atoms with Crippen LogP contribution in [0.25, 0.3) is 11.0 Å². The largest absolute Gasteiger partial charge is 0.383 e. The molecule has 0 saturated heterocycles. The number of hydrogen-bond acceptors (Lipinski definition) is 6. The second kappa shape index (κ2) is 10.3. The van der Waals surface area contributed by atoms with Crippen molar-refractivity contribution in [3.05, 3.63) is 69.6 Å². The number of carbonyl (C=O) groups excluding carboxylic acids is 1. The molecule has 2 heterocycles. The van der Waals surface area contributed by atoms with Crippen molar-refractivity contribution in [2.75, 3.05) is 19.0 Å². The molecule has 0 aliphatic rings. The van der Waals surface area contributed by atoms with Gasteiger partial charge in [-0.05, 0) is 30.3 Å². The second-order valence-electron chi connectivity index (χ2n) is 6.78. The zero-order valence-corrected chi connectivity index (χ0v) is 19.3. The van der Waals surface area contributed by atoms with Crippen LogP contribution in [-0.4, -0.2) is 34.2 Å². The summed E-state index contributed by atoms with van der Waals surface area (Å²) >= 11 is 9.24. The number of anilines is 1. The molecule has 1 N–H and O–H groups in total. The van der Waals surface area contributed by atoms with Gasteiger partial charge in [-0.15, -0.1) is 11.3 Å². The highest BCUT2D eigenvalue weighted by Crippen LogP contribution is 2.29. The van der Waals surface area contributed by atoms with E-state index >= 15 is 0 Å². The smallest absolute Gasteiger partial charge is 0.231 e. The fraction of sp³-hybridized carbons (Fsp3) is 0.227. The van der Waals surface area contributed by atoms with Gasteiger partial charge in [0.05, 0.1) is 29.8 Å². The van der Waals surface area contributed by atoms with E-state index in [1.807, 2.05) is 53.9 Å². The average molecular weight is 473 g/mol. The predicted octanol–water partition coefficient (Wildman–Crippen LogP) is 5.27. The number of para-hydroxylation sites is 1. The third-order valence-electron chi connectivity index (χ3n) is 4.51. The van der Waals surface area contributed by atoms with Crippen molar-refractivity contribution in [1.82, 2.24) is 14.5 Å².